The van der Waals surface area contributed by atoms with Crippen molar-refractivity contribution in [3.63, 3.8) is 0 Å². The van der Waals surface area contributed by atoms with Crippen molar-refractivity contribution in [1.82, 2.24) is 9.38 Å². The number of carbonyl (C=O) groups is 2. The van der Waals surface area contributed by atoms with E-state index >= 15 is 0 Å². The maximum atomic E-state index is 13.6. The number of nitrogens with zero attached hydrogens (tertiary/aromatic N) is 3. The van der Waals surface area contributed by atoms with Gasteiger partial charge in [0.25, 0.3) is 11.8 Å². The maximum absolute atomic E-state index is 13.6. The normalized spacial score (nSPS) is 13.1. The van der Waals surface area contributed by atoms with Crippen LogP contribution in [0.5, 0.6) is 11.5 Å². The number of hydrogen-bond donors (Lipinski definition) is 2. The first kappa shape index (κ1) is 30.1. The summed E-state index contributed by atoms with van der Waals surface area (Å²) < 4.78 is 13.5. The van der Waals surface area contributed by atoms with E-state index in [2.05, 4.69) is 10.3 Å². The lowest BCUT2D eigenvalue weighted by atomic mass is 9.97. The van der Waals surface area contributed by atoms with E-state index < -0.39 is 5.60 Å². The number of hydrogen-bond acceptors (Lipinski definition) is 6. The van der Waals surface area contributed by atoms with Crippen molar-refractivity contribution in [2.24, 2.45) is 0 Å². The number of amides is 2. The Kier molecular flexibility index (Phi) is 7.97. The molecule has 3 aromatic carbocycles. The second kappa shape index (κ2) is 11.9. The Morgan fingerprint density at radius 1 is 1.07 bits per heavy atom. The number of aromatic nitrogens is 2. The number of aromatic hydroxyl groups is 1. The molecule has 232 valence electrons. The molecule has 2 aromatic heterocycles. The fraction of sp³-hybridized carbons (Fsp3) is 0.306. The quantitative estimate of drug-likeness (QED) is 0.189. The molecule has 0 saturated carbocycles. The van der Waals surface area contributed by atoms with Gasteiger partial charge in [-0.25, -0.2) is 4.98 Å². The fourth-order valence-corrected chi connectivity index (χ4v) is 5.85. The number of nitrogens with one attached hydrogen (secondary N) is 1. The number of pyridine rings is 1. The van der Waals surface area contributed by atoms with Gasteiger partial charge in [-0.05, 0) is 94.0 Å². The van der Waals surface area contributed by atoms with Gasteiger partial charge in [0.15, 0.2) is 0 Å². The molecule has 0 radical (unpaired) electrons. The molecular formula is C36H38N4O5. The zero-order valence-corrected chi connectivity index (χ0v) is 26.3. The van der Waals surface area contributed by atoms with Crippen molar-refractivity contribution < 1.29 is 24.2 Å². The van der Waals surface area contributed by atoms with Crippen molar-refractivity contribution >= 4 is 39.6 Å². The summed E-state index contributed by atoms with van der Waals surface area (Å²) in [6.45, 7) is 11.2. The minimum absolute atomic E-state index is 0.153. The Labute approximate surface area is 262 Å². The summed E-state index contributed by atoms with van der Waals surface area (Å²) in [6.07, 6.45) is 5.01. The van der Waals surface area contributed by atoms with Gasteiger partial charge in [-0.15, -0.1) is 0 Å². The SMILES string of the molecule is Cc1cccc2c(O)cc3c(c12)CCN3C(=O)c1cn2cc(NC(=O)c3ccc(OC(C)(C)CCOC(C)C)cc3)ccc2n1. The first-order chi connectivity index (χ1) is 21.5. The van der Waals surface area contributed by atoms with Gasteiger partial charge in [0.05, 0.1) is 24.1 Å². The largest absolute Gasteiger partial charge is 0.507 e. The molecule has 1 aliphatic heterocycles. The monoisotopic (exact) mass is 606 g/mol. The smallest absolute Gasteiger partial charge is 0.278 e. The maximum Gasteiger partial charge on any atom is 0.278 e. The van der Waals surface area contributed by atoms with Crippen molar-refractivity contribution in [1.29, 1.82) is 0 Å². The molecular weight excluding hydrogens is 568 g/mol. The number of benzene rings is 3. The molecule has 0 bridgehead atoms. The van der Waals surface area contributed by atoms with Crippen LogP contribution in [0.2, 0.25) is 0 Å². The average Bonchev–Trinajstić information content (AvgIpc) is 3.61. The Bertz CT molecular complexity index is 1910. The highest BCUT2D eigenvalue weighted by Gasteiger charge is 2.30. The number of imidazole rings is 1. The summed E-state index contributed by atoms with van der Waals surface area (Å²) in [5, 5.41) is 15.4. The van der Waals surface area contributed by atoms with Gasteiger partial charge in [0.2, 0.25) is 0 Å². The van der Waals surface area contributed by atoms with E-state index in [4.69, 9.17) is 9.47 Å². The first-order valence-corrected chi connectivity index (χ1v) is 15.3. The summed E-state index contributed by atoms with van der Waals surface area (Å²) in [5.41, 5.74) is 4.34. The third-order valence-electron chi connectivity index (χ3n) is 8.15. The summed E-state index contributed by atoms with van der Waals surface area (Å²) in [5.74, 6) is 0.323. The van der Waals surface area contributed by atoms with Crippen molar-refractivity contribution in [2.75, 3.05) is 23.4 Å². The van der Waals surface area contributed by atoms with Crippen LogP contribution in [-0.4, -0.2) is 51.2 Å². The molecule has 1 aliphatic rings. The van der Waals surface area contributed by atoms with Crippen LogP contribution in [0.25, 0.3) is 16.4 Å². The van der Waals surface area contributed by atoms with Gasteiger partial charge in [-0.2, -0.15) is 0 Å². The summed E-state index contributed by atoms with van der Waals surface area (Å²) in [6, 6.07) is 18.1. The molecule has 0 saturated heterocycles. The Balaban J connectivity index is 1.14. The molecule has 0 unspecified atom stereocenters. The van der Waals surface area contributed by atoms with E-state index in [1.807, 2.05) is 52.8 Å². The number of ether oxygens (including phenoxy) is 2. The highest BCUT2D eigenvalue weighted by molar-refractivity contribution is 6.10. The minimum Gasteiger partial charge on any atom is -0.507 e. The van der Waals surface area contributed by atoms with Gasteiger partial charge >= 0.3 is 0 Å². The molecule has 0 atom stereocenters. The minimum atomic E-state index is -0.410. The number of aryl methyl sites for hydroxylation is 1. The van der Waals surface area contributed by atoms with Crippen LogP contribution in [-0.2, 0) is 11.2 Å². The Morgan fingerprint density at radius 3 is 2.60 bits per heavy atom. The molecule has 0 fully saturated rings. The van der Waals surface area contributed by atoms with Gasteiger partial charge in [-0.3, -0.25) is 9.59 Å². The summed E-state index contributed by atoms with van der Waals surface area (Å²) in [7, 11) is 0. The third kappa shape index (κ3) is 6.21. The number of anilines is 2. The average molecular weight is 607 g/mol. The van der Waals surface area contributed by atoms with E-state index in [9.17, 15) is 14.7 Å². The molecule has 5 aromatic rings. The Hall–Kier alpha value is -4.89. The van der Waals surface area contributed by atoms with E-state index in [0.717, 1.165) is 28.3 Å². The van der Waals surface area contributed by atoms with Gasteiger partial charge in [0, 0.05) is 42.4 Å². The predicted octanol–water partition coefficient (Wildman–Crippen LogP) is 6.93. The third-order valence-corrected chi connectivity index (χ3v) is 8.15. The molecule has 3 heterocycles. The highest BCUT2D eigenvalue weighted by Crippen LogP contribution is 2.41. The number of fused-ring (bicyclic) bond motifs is 4. The lowest BCUT2D eigenvalue weighted by Crippen LogP contribution is -2.30. The van der Waals surface area contributed by atoms with Crippen LogP contribution in [0.3, 0.4) is 0 Å². The molecule has 2 amide bonds. The number of phenols is 1. The van der Waals surface area contributed by atoms with E-state index in [1.165, 1.54) is 0 Å². The van der Waals surface area contributed by atoms with Crippen LogP contribution in [0.1, 0.15) is 66.1 Å². The second-order valence-corrected chi connectivity index (χ2v) is 12.4. The van der Waals surface area contributed by atoms with Crippen molar-refractivity contribution in [3.05, 3.63) is 95.4 Å². The van der Waals surface area contributed by atoms with E-state index in [-0.39, 0.29) is 29.4 Å². The second-order valence-electron chi connectivity index (χ2n) is 12.4. The standard InChI is InChI=1S/C36H38N4O5/c1-22(2)44-18-16-36(4,5)45-26-12-9-24(10-13-26)34(42)37-25-11-14-32-38-29(21-39(32)20-25)35(43)40-17-15-27-30(40)19-31(41)28-8-6-7-23(3)33(27)28/h6-14,19-22,41H,15-18H2,1-5H3,(H,37,42). The number of rotatable bonds is 9. The predicted molar refractivity (Wildman–Crippen MR) is 176 cm³/mol. The molecule has 9 heteroatoms. The van der Waals surface area contributed by atoms with E-state index in [0.29, 0.717) is 47.9 Å². The summed E-state index contributed by atoms with van der Waals surface area (Å²) >= 11 is 0. The fourth-order valence-electron chi connectivity index (χ4n) is 5.85. The van der Waals surface area contributed by atoms with Gasteiger partial charge in [-0.1, -0.05) is 18.2 Å². The Morgan fingerprint density at radius 2 is 1.84 bits per heavy atom. The van der Waals surface area contributed by atoms with Gasteiger partial charge in [0.1, 0.15) is 28.4 Å². The number of carbonyl (C=O) groups excluding carboxylic acids is 2. The van der Waals surface area contributed by atoms with Crippen LogP contribution in [0.4, 0.5) is 11.4 Å². The first-order valence-electron chi connectivity index (χ1n) is 15.3. The van der Waals surface area contributed by atoms with Crippen molar-refractivity contribution in [2.45, 2.75) is 59.2 Å². The molecule has 6 rings (SSSR count). The highest BCUT2D eigenvalue weighted by atomic mass is 16.5. The van der Waals surface area contributed by atoms with Gasteiger partial charge < -0.3 is 29.2 Å². The van der Waals surface area contributed by atoms with Crippen LogP contribution in [0.15, 0.2) is 73.1 Å². The molecule has 0 spiro atoms. The lowest BCUT2D eigenvalue weighted by Gasteiger charge is -2.27. The summed E-state index contributed by atoms with van der Waals surface area (Å²) in [4.78, 5) is 32.9. The van der Waals surface area contributed by atoms with Crippen molar-refractivity contribution in [3.8, 4) is 11.5 Å². The zero-order valence-electron chi connectivity index (χ0n) is 26.3. The molecule has 2 N–H and O–H groups in total. The molecule has 45 heavy (non-hydrogen) atoms. The lowest BCUT2D eigenvalue weighted by molar-refractivity contribution is 0.0231. The topological polar surface area (TPSA) is 105 Å². The molecule has 9 nitrogen and oxygen atoms in total. The van der Waals surface area contributed by atoms with E-state index in [1.54, 1.807) is 64.2 Å². The molecule has 0 aliphatic carbocycles. The zero-order chi connectivity index (χ0) is 31.9. The van der Waals surface area contributed by atoms with Crippen LogP contribution >= 0.6 is 0 Å². The van der Waals surface area contributed by atoms with Crippen LogP contribution in [0, 0.1) is 6.92 Å². The number of phenolic OH excluding ortho intramolecular Hbond substituents is 1. The van der Waals surface area contributed by atoms with Crippen LogP contribution < -0.4 is 15.0 Å².